The number of hydrogen-bond acceptors (Lipinski definition) is 0. The van der Waals surface area contributed by atoms with E-state index in [0.29, 0.717) is 0 Å². The Morgan fingerprint density at radius 2 is 2.10 bits per heavy atom. The lowest BCUT2D eigenvalue weighted by molar-refractivity contribution is 0.910. The number of aryl methyl sites for hydroxylation is 1. The van der Waals surface area contributed by atoms with Crippen molar-refractivity contribution in [2.45, 2.75) is 19.3 Å². The molecule has 0 atom stereocenters. The second kappa shape index (κ2) is 2.12. The number of fused-ring (bicyclic) bond motifs is 1. The van der Waals surface area contributed by atoms with Crippen LogP contribution in [0.15, 0.2) is 18.2 Å². The molecule has 1 aliphatic carbocycles. The van der Waals surface area contributed by atoms with Gasteiger partial charge in [-0.1, -0.05) is 18.2 Å². The molecule has 1 aromatic carbocycles. The summed E-state index contributed by atoms with van der Waals surface area (Å²) in [7, 11) is 0. The molecular formula is C10H10. The standard InChI is InChI=1S/C10H10/c1-8-4-2-5-9-6-3-7-10(8)9/h1-2,4-5H,3,6-7H2. The Bertz CT molecular complexity index is 248. The van der Waals surface area contributed by atoms with Crippen molar-refractivity contribution >= 4 is 0 Å². The van der Waals surface area contributed by atoms with Crippen LogP contribution < -0.4 is 0 Å². The van der Waals surface area contributed by atoms with Crippen LogP contribution >= 0.6 is 0 Å². The van der Waals surface area contributed by atoms with Crippen LogP contribution in [0.5, 0.6) is 0 Å². The van der Waals surface area contributed by atoms with E-state index in [1.165, 1.54) is 30.4 Å². The molecule has 0 aliphatic heterocycles. The summed E-state index contributed by atoms with van der Waals surface area (Å²) in [6, 6.07) is 6.21. The molecule has 1 aromatic rings. The van der Waals surface area contributed by atoms with E-state index in [0.717, 1.165) is 5.56 Å². The highest BCUT2D eigenvalue weighted by atomic mass is 14.2. The van der Waals surface area contributed by atoms with Gasteiger partial charge in [-0.15, -0.1) is 0 Å². The summed E-state index contributed by atoms with van der Waals surface area (Å²) in [5.74, 6) is 0. The Morgan fingerprint density at radius 1 is 1.20 bits per heavy atom. The molecule has 0 nitrogen and oxygen atoms in total. The summed E-state index contributed by atoms with van der Waals surface area (Å²) < 4.78 is 0. The van der Waals surface area contributed by atoms with Gasteiger partial charge in [0.15, 0.2) is 0 Å². The van der Waals surface area contributed by atoms with E-state index < -0.39 is 0 Å². The Balaban J connectivity index is 2.59. The van der Waals surface area contributed by atoms with E-state index in [1.807, 2.05) is 12.1 Å². The number of hydrogen-bond donors (Lipinski definition) is 0. The molecule has 10 heavy (non-hydrogen) atoms. The molecule has 2 radical (unpaired) electrons. The molecule has 0 unspecified atom stereocenters. The number of benzene rings is 1. The normalized spacial score (nSPS) is 15.3. The van der Waals surface area contributed by atoms with Crippen LogP contribution in [-0.4, -0.2) is 0 Å². The van der Waals surface area contributed by atoms with Crippen molar-refractivity contribution in [3.63, 3.8) is 0 Å². The van der Waals surface area contributed by atoms with Gasteiger partial charge in [0.05, 0.1) is 0 Å². The molecule has 1 aliphatic rings. The monoisotopic (exact) mass is 130 g/mol. The maximum Gasteiger partial charge on any atom is -0.000901 e. The molecule has 0 bridgehead atoms. The fourth-order valence-corrected chi connectivity index (χ4v) is 1.65. The van der Waals surface area contributed by atoms with Crippen molar-refractivity contribution in [3.8, 4) is 0 Å². The summed E-state index contributed by atoms with van der Waals surface area (Å²) in [5.41, 5.74) is 3.83. The van der Waals surface area contributed by atoms with Crippen molar-refractivity contribution in [1.29, 1.82) is 0 Å². The zero-order valence-electron chi connectivity index (χ0n) is 5.93. The van der Waals surface area contributed by atoms with E-state index in [2.05, 4.69) is 6.07 Å². The van der Waals surface area contributed by atoms with Crippen LogP contribution in [0.3, 0.4) is 0 Å². The molecule has 0 heteroatoms. The maximum absolute atomic E-state index is 5.77. The average Bonchev–Trinajstić information content (AvgIpc) is 2.36. The lowest BCUT2D eigenvalue weighted by atomic mass is 10.1. The highest BCUT2D eigenvalue weighted by molar-refractivity contribution is 5.39. The van der Waals surface area contributed by atoms with Gasteiger partial charge in [-0.05, 0) is 42.9 Å². The number of rotatable bonds is 0. The highest BCUT2D eigenvalue weighted by Crippen LogP contribution is 2.23. The van der Waals surface area contributed by atoms with E-state index in [-0.39, 0.29) is 0 Å². The Morgan fingerprint density at radius 3 is 2.90 bits per heavy atom. The maximum atomic E-state index is 5.77. The van der Waals surface area contributed by atoms with Crippen molar-refractivity contribution in [2.75, 3.05) is 0 Å². The largest absolute Gasteiger partial charge is 0.0617 e. The molecule has 0 heterocycles. The third-order valence-corrected chi connectivity index (χ3v) is 2.18. The first-order valence-electron chi connectivity index (χ1n) is 3.74. The Labute approximate surface area is 61.9 Å². The van der Waals surface area contributed by atoms with E-state index in [1.54, 1.807) is 0 Å². The Kier molecular flexibility index (Phi) is 1.26. The topological polar surface area (TPSA) is 0 Å². The van der Waals surface area contributed by atoms with Crippen LogP contribution in [-0.2, 0) is 12.8 Å². The predicted molar refractivity (Wildman–Crippen MR) is 41.9 cm³/mol. The van der Waals surface area contributed by atoms with Crippen LogP contribution in [0.1, 0.15) is 23.1 Å². The van der Waals surface area contributed by atoms with E-state index >= 15 is 0 Å². The van der Waals surface area contributed by atoms with Crippen molar-refractivity contribution < 1.29 is 0 Å². The summed E-state index contributed by atoms with van der Waals surface area (Å²) in [6.45, 7) is 5.77. The van der Waals surface area contributed by atoms with Crippen LogP contribution in [0.25, 0.3) is 0 Å². The second-order valence-electron chi connectivity index (χ2n) is 2.84. The van der Waals surface area contributed by atoms with Gasteiger partial charge in [0.25, 0.3) is 0 Å². The molecule has 0 N–H and O–H groups in total. The molecule has 0 saturated carbocycles. The lowest BCUT2D eigenvalue weighted by Crippen LogP contribution is -1.84. The molecule has 0 aromatic heterocycles. The first-order valence-corrected chi connectivity index (χ1v) is 3.74. The second-order valence-corrected chi connectivity index (χ2v) is 2.84. The van der Waals surface area contributed by atoms with Gasteiger partial charge in [-0.3, -0.25) is 0 Å². The molecule has 0 spiro atoms. The van der Waals surface area contributed by atoms with Crippen molar-refractivity contribution in [3.05, 3.63) is 41.8 Å². The Hall–Kier alpha value is -0.780. The molecule has 0 saturated heterocycles. The van der Waals surface area contributed by atoms with Crippen LogP contribution in [0.2, 0.25) is 0 Å². The SMILES string of the molecule is [CH]c1cccc2c1CCC2. The lowest BCUT2D eigenvalue weighted by Gasteiger charge is -2.00. The quantitative estimate of drug-likeness (QED) is 0.505. The van der Waals surface area contributed by atoms with Crippen molar-refractivity contribution in [2.24, 2.45) is 0 Å². The third-order valence-electron chi connectivity index (χ3n) is 2.18. The predicted octanol–water partition coefficient (Wildman–Crippen LogP) is 2.23. The summed E-state index contributed by atoms with van der Waals surface area (Å²) in [6.07, 6.45) is 3.69. The average molecular weight is 130 g/mol. The summed E-state index contributed by atoms with van der Waals surface area (Å²) in [4.78, 5) is 0. The van der Waals surface area contributed by atoms with Gasteiger partial charge in [0.2, 0.25) is 0 Å². The summed E-state index contributed by atoms with van der Waals surface area (Å²) >= 11 is 0. The van der Waals surface area contributed by atoms with Gasteiger partial charge >= 0.3 is 0 Å². The zero-order chi connectivity index (χ0) is 6.97. The fourth-order valence-electron chi connectivity index (χ4n) is 1.65. The van der Waals surface area contributed by atoms with E-state index in [4.69, 9.17) is 6.92 Å². The van der Waals surface area contributed by atoms with Gasteiger partial charge in [-0.25, -0.2) is 0 Å². The fraction of sp³-hybridized carbons (Fsp3) is 0.300. The molecule has 2 rings (SSSR count). The minimum atomic E-state index is 0.981. The van der Waals surface area contributed by atoms with Crippen LogP contribution in [0.4, 0.5) is 0 Å². The molecular weight excluding hydrogens is 120 g/mol. The first kappa shape index (κ1) is 5.96. The third kappa shape index (κ3) is 0.756. The minimum Gasteiger partial charge on any atom is -0.0617 e. The van der Waals surface area contributed by atoms with Crippen LogP contribution in [0, 0.1) is 6.92 Å². The van der Waals surface area contributed by atoms with Crippen molar-refractivity contribution in [1.82, 2.24) is 0 Å². The van der Waals surface area contributed by atoms with E-state index in [9.17, 15) is 0 Å². The highest BCUT2D eigenvalue weighted by Gasteiger charge is 2.10. The first-order chi connectivity index (χ1) is 4.88. The molecule has 0 fully saturated rings. The smallest absolute Gasteiger partial charge is 0.000901 e. The molecule has 0 amide bonds. The van der Waals surface area contributed by atoms with Gasteiger partial charge in [0, 0.05) is 0 Å². The van der Waals surface area contributed by atoms with Gasteiger partial charge < -0.3 is 0 Å². The van der Waals surface area contributed by atoms with Gasteiger partial charge in [-0.2, -0.15) is 0 Å². The van der Waals surface area contributed by atoms with Gasteiger partial charge in [0.1, 0.15) is 0 Å². The minimum absolute atomic E-state index is 0.981. The summed E-state index contributed by atoms with van der Waals surface area (Å²) in [5, 5.41) is 0. The zero-order valence-corrected chi connectivity index (χ0v) is 5.93. The molecule has 50 valence electrons.